The Hall–Kier alpha value is -1.06. The average Bonchev–Trinajstić information content (AvgIpc) is 2.64. The maximum absolute atomic E-state index is 11.5. The summed E-state index contributed by atoms with van der Waals surface area (Å²) in [5, 5.41) is 0. The van der Waals surface area contributed by atoms with Crippen molar-refractivity contribution < 1.29 is 19.1 Å². The highest BCUT2D eigenvalue weighted by Gasteiger charge is 2.08. The summed E-state index contributed by atoms with van der Waals surface area (Å²) in [5.41, 5.74) is 0. The van der Waals surface area contributed by atoms with Crippen LogP contribution < -0.4 is 0 Å². The molecule has 4 heteroatoms. The third-order valence-corrected chi connectivity index (χ3v) is 5.03. The fourth-order valence-corrected chi connectivity index (χ4v) is 3.34. The molecule has 160 valence electrons. The topological polar surface area (TPSA) is 52.6 Å². The molecular weight excluding hydrogens is 340 g/mol. The van der Waals surface area contributed by atoms with Crippen molar-refractivity contribution in [3.05, 3.63) is 0 Å². The molecule has 0 aromatic carbocycles. The standard InChI is InChI=1S/C23H44O4/c1-3-4-5-6-7-8-9-10-11-12-13-14-15-16-17-18-19-20-23(25)27-22(2)26-21-24/h21-22H,3-20H2,1-2H3. The second-order valence-electron chi connectivity index (χ2n) is 7.70. The third kappa shape index (κ3) is 21.1. The average molecular weight is 385 g/mol. The van der Waals surface area contributed by atoms with Crippen molar-refractivity contribution in [1.82, 2.24) is 0 Å². The normalized spacial score (nSPS) is 11.9. The lowest BCUT2D eigenvalue weighted by Crippen LogP contribution is -2.17. The Morgan fingerprint density at radius 2 is 1.07 bits per heavy atom. The lowest BCUT2D eigenvalue weighted by Gasteiger charge is -2.10. The molecule has 0 spiro atoms. The molecular formula is C23H44O4. The third-order valence-electron chi connectivity index (χ3n) is 5.03. The Bertz CT molecular complexity index is 330. The van der Waals surface area contributed by atoms with E-state index in [1.54, 1.807) is 6.92 Å². The molecule has 0 rings (SSSR count). The number of rotatable bonds is 21. The van der Waals surface area contributed by atoms with Gasteiger partial charge in [0.15, 0.2) is 0 Å². The van der Waals surface area contributed by atoms with Gasteiger partial charge in [0, 0.05) is 13.3 Å². The molecule has 0 radical (unpaired) electrons. The van der Waals surface area contributed by atoms with Crippen molar-refractivity contribution in [3.8, 4) is 0 Å². The van der Waals surface area contributed by atoms with Gasteiger partial charge in [-0.2, -0.15) is 0 Å². The van der Waals surface area contributed by atoms with E-state index in [2.05, 4.69) is 11.7 Å². The Kier molecular flexibility index (Phi) is 20.4. The van der Waals surface area contributed by atoms with E-state index in [4.69, 9.17) is 4.74 Å². The summed E-state index contributed by atoms with van der Waals surface area (Å²) >= 11 is 0. The minimum absolute atomic E-state index is 0.287. The molecule has 0 saturated carbocycles. The smallest absolute Gasteiger partial charge is 0.308 e. The van der Waals surface area contributed by atoms with Crippen molar-refractivity contribution in [2.24, 2.45) is 0 Å². The van der Waals surface area contributed by atoms with Crippen molar-refractivity contribution in [1.29, 1.82) is 0 Å². The molecule has 0 N–H and O–H groups in total. The fourth-order valence-electron chi connectivity index (χ4n) is 3.34. The molecule has 0 heterocycles. The lowest BCUT2D eigenvalue weighted by atomic mass is 10.0. The summed E-state index contributed by atoms with van der Waals surface area (Å²) in [6.45, 7) is 4.12. The lowest BCUT2D eigenvalue weighted by molar-refractivity contribution is -0.176. The number of hydrogen-bond acceptors (Lipinski definition) is 4. The van der Waals surface area contributed by atoms with E-state index >= 15 is 0 Å². The number of carbonyl (C=O) groups is 2. The molecule has 4 nitrogen and oxygen atoms in total. The van der Waals surface area contributed by atoms with E-state index in [1.807, 2.05) is 0 Å². The first-order valence-electron chi connectivity index (χ1n) is 11.5. The van der Waals surface area contributed by atoms with Gasteiger partial charge in [0.1, 0.15) is 0 Å². The van der Waals surface area contributed by atoms with Gasteiger partial charge in [-0.15, -0.1) is 0 Å². The van der Waals surface area contributed by atoms with E-state index in [1.165, 1.54) is 96.3 Å². The highest BCUT2D eigenvalue weighted by Crippen LogP contribution is 2.14. The van der Waals surface area contributed by atoms with Crippen LogP contribution in [0.5, 0.6) is 0 Å². The second-order valence-corrected chi connectivity index (χ2v) is 7.70. The molecule has 0 aliphatic carbocycles. The van der Waals surface area contributed by atoms with Crippen molar-refractivity contribution in [2.75, 3.05) is 0 Å². The molecule has 0 fully saturated rings. The Labute approximate surface area is 167 Å². The maximum atomic E-state index is 11.5. The van der Waals surface area contributed by atoms with E-state index in [0.717, 1.165) is 12.8 Å². The predicted octanol–water partition coefficient (Wildman–Crippen LogP) is 7.09. The number of ether oxygens (including phenoxy) is 2. The summed E-state index contributed by atoms with van der Waals surface area (Å²) in [7, 11) is 0. The number of hydrogen-bond donors (Lipinski definition) is 0. The van der Waals surface area contributed by atoms with Gasteiger partial charge < -0.3 is 9.47 Å². The zero-order valence-corrected chi connectivity index (χ0v) is 18.0. The maximum Gasteiger partial charge on any atom is 0.308 e. The van der Waals surface area contributed by atoms with Gasteiger partial charge in [0.05, 0.1) is 0 Å². The van der Waals surface area contributed by atoms with E-state index in [0.29, 0.717) is 12.9 Å². The SMILES string of the molecule is CCCCCCCCCCCCCCCCCCCC(=O)OC(C)OC=O. The Morgan fingerprint density at radius 1 is 0.704 bits per heavy atom. The molecule has 0 aliphatic rings. The first kappa shape index (κ1) is 25.9. The molecule has 0 aromatic rings. The minimum Gasteiger partial charge on any atom is -0.428 e. The van der Waals surface area contributed by atoms with Crippen LogP contribution >= 0.6 is 0 Å². The highest BCUT2D eigenvalue weighted by atomic mass is 16.7. The van der Waals surface area contributed by atoms with E-state index in [-0.39, 0.29) is 5.97 Å². The predicted molar refractivity (Wildman–Crippen MR) is 111 cm³/mol. The van der Waals surface area contributed by atoms with Crippen LogP contribution in [0.25, 0.3) is 0 Å². The molecule has 1 unspecified atom stereocenters. The van der Waals surface area contributed by atoms with Gasteiger partial charge in [-0.3, -0.25) is 9.59 Å². The van der Waals surface area contributed by atoms with E-state index < -0.39 is 6.29 Å². The molecule has 0 amide bonds. The summed E-state index contributed by atoms with van der Waals surface area (Å²) < 4.78 is 9.45. The Morgan fingerprint density at radius 3 is 1.44 bits per heavy atom. The molecule has 0 aliphatic heterocycles. The monoisotopic (exact) mass is 384 g/mol. The van der Waals surface area contributed by atoms with Crippen LogP contribution in [-0.2, 0) is 19.1 Å². The van der Waals surface area contributed by atoms with Gasteiger partial charge in [-0.05, 0) is 6.42 Å². The fraction of sp³-hybridized carbons (Fsp3) is 0.913. The largest absolute Gasteiger partial charge is 0.428 e. The van der Waals surface area contributed by atoms with Gasteiger partial charge >= 0.3 is 5.97 Å². The number of unbranched alkanes of at least 4 members (excludes halogenated alkanes) is 16. The van der Waals surface area contributed by atoms with Gasteiger partial charge in [-0.25, -0.2) is 0 Å². The second kappa shape index (κ2) is 21.2. The summed E-state index contributed by atoms with van der Waals surface area (Å²) in [4.78, 5) is 21.6. The van der Waals surface area contributed by atoms with Gasteiger partial charge in [0.2, 0.25) is 6.29 Å². The van der Waals surface area contributed by atoms with Crippen molar-refractivity contribution >= 4 is 12.4 Å². The summed E-state index contributed by atoms with van der Waals surface area (Å²) in [5.74, 6) is -0.287. The van der Waals surface area contributed by atoms with E-state index in [9.17, 15) is 9.59 Å². The van der Waals surface area contributed by atoms with Crippen molar-refractivity contribution in [2.45, 2.75) is 136 Å². The molecule has 0 saturated heterocycles. The number of carbonyl (C=O) groups excluding carboxylic acids is 2. The summed E-state index contributed by atoms with van der Waals surface area (Å²) in [6.07, 6.45) is 22.1. The first-order chi connectivity index (χ1) is 13.2. The van der Waals surface area contributed by atoms with Crippen LogP contribution in [0.3, 0.4) is 0 Å². The molecule has 1 atom stereocenters. The molecule has 27 heavy (non-hydrogen) atoms. The van der Waals surface area contributed by atoms with Crippen LogP contribution in [0.4, 0.5) is 0 Å². The number of esters is 1. The quantitative estimate of drug-likeness (QED) is 0.0917. The zero-order valence-electron chi connectivity index (χ0n) is 18.0. The first-order valence-corrected chi connectivity index (χ1v) is 11.5. The van der Waals surface area contributed by atoms with Gasteiger partial charge in [-0.1, -0.05) is 110 Å². The van der Waals surface area contributed by atoms with Crippen molar-refractivity contribution in [3.63, 3.8) is 0 Å². The Balaban J connectivity index is 3.14. The summed E-state index contributed by atoms with van der Waals surface area (Å²) in [6, 6.07) is 0. The van der Waals surface area contributed by atoms with Crippen LogP contribution in [0.15, 0.2) is 0 Å². The van der Waals surface area contributed by atoms with Crippen LogP contribution in [0.1, 0.15) is 129 Å². The van der Waals surface area contributed by atoms with Crippen LogP contribution in [-0.4, -0.2) is 18.7 Å². The van der Waals surface area contributed by atoms with Crippen LogP contribution in [0, 0.1) is 0 Å². The minimum atomic E-state index is -0.777. The highest BCUT2D eigenvalue weighted by molar-refractivity contribution is 5.69. The molecule has 0 aromatic heterocycles. The van der Waals surface area contributed by atoms with Gasteiger partial charge in [0.25, 0.3) is 6.47 Å². The zero-order chi connectivity index (χ0) is 20.0. The van der Waals surface area contributed by atoms with Crippen LogP contribution in [0.2, 0.25) is 0 Å². The molecule has 0 bridgehead atoms.